The second-order valence-electron chi connectivity index (χ2n) is 5.00. The van der Waals surface area contributed by atoms with Crippen molar-refractivity contribution in [2.24, 2.45) is 0 Å². The van der Waals surface area contributed by atoms with Crippen LogP contribution in [0.5, 0.6) is 5.75 Å². The Morgan fingerprint density at radius 2 is 2.06 bits per heavy atom. The third-order valence-electron chi connectivity index (χ3n) is 3.75. The molecule has 2 fully saturated rings. The third-order valence-corrected chi connectivity index (χ3v) is 4.25. The number of halogens is 1. The molecule has 2 nitrogen and oxygen atoms in total. The van der Waals surface area contributed by atoms with Gasteiger partial charge in [0.25, 0.3) is 0 Å². The van der Waals surface area contributed by atoms with Crippen LogP contribution in [-0.2, 0) is 0 Å². The number of benzene rings is 1. The van der Waals surface area contributed by atoms with Crippen molar-refractivity contribution < 1.29 is 4.74 Å². The van der Waals surface area contributed by atoms with Gasteiger partial charge in [0, 0.05) is 16.1 Å². The smallest absolute Gasteiger partial charge is 0.124 e. The highest BCUT2D eigenvalue weighted by Crippen LogP contribution is 2.35. The summed E-state index contributed by atoms with van der Waals surface area (Å²) < 4.78 is 7.23. The summed E-state index contributed by atoms with van der Waals surface area (Å²) in [7, 11) is 0. The van der Waals surface area contributed by atoms with Crippen molar-refractivity contribution in [3.63, 3.8) is 0 Å². The fourth-order valence-corrected chi connectivity index (χ4v) is 2.90. The van der Waals surface area contributed by atoms with Crippen LogP contribution in [0.4, 0.5) is 0 Å². The van der Waals surface area contributed by atoms with E-state index in [2.05, 4.69) is 39.4 Å². The summed E-state index contributed by atoms with van der Waals surface area (Å²) in [5.74, 6) is 1.08. The molecule has 1 aliphatic carbocycles. The molecule has 0 aromatic heterocycles. The Kier molecular flexibility index (Phi) is 3.39. The van der Waals surface area contributed by atoms with Crippen LogP contribution in [0.1, 0.15) is 43.7 Å². The number of hydrogen-bond acceptors (Lipinski definition) is 2. The predicted octanol–water partition coefficient (Wildman–Crippen LogP) is 3.80. The molecule has 1 aromatic carbocycles. The van der Waals surface area contributed by atoms with Gasteiger partial charge >= 0.3 is 0 Å². The van der Waals surface area contributed by atoms with E-state index in [9.17, 15) is 0 Å². The normalized spacial score (nSPS) is 24.6. The lowest BCUT2D eigenvalue weighted by molar-refractivity contribution is 0.118. The Balaban J connectivity index is 1.84. The van der Waals surface area contributed by atoms with Crippen molar-refractivity contribution in [1.82, 2.24) is 5.32 Å². The van der Waals surface area contributed by atoms with Crippen LogP contribution in [-0.4, -0.2) is 12.6 Å². The zero-order valence-electron chi connectivity index (χ0n) is 9.92. The zero-order valence-corrected chi connectivity index (χ0v) is 11.5. The van der Waals surface area contributed by atoms with Crippen LogP contribution in [0.3, 0.4) is 0 Å². The first-order valence-electron chi connectivity index (χ1n) is 6.52. The molecule has 1 aromatic rings. The summed E-state index contributed by atoms with van der Waals surface area (Å²) in [4.78, 5) is 0. The van der Waals surface area contributed by atoms with Crippen molar-refractivity contribution in [3.05, 3.63) is 28.2 Å². The van der Waals surface area contributed by atoms with Gasteiger partial charge in [0.1, 0.15) is 5.75 Å². The molecule has 17 heavy (non-hydrogen) atoms. The van der Waals surface area contributed by atoms with E-state index in [4.69, 9.17) is 4.74 Å². The minimum atomic E-state index is 0.455. The van der Waals surface area contributed by atoms with Gasteiger partial charge in [0.05, 0.1) is 6.10 Å². The van der Waals surface area contributed by atoms with Crippen LogP contribution in [0, 0.1) is 0 Å². The molecular formula is C14H18BrNO. The van der Waals surface area contributed by atoms with E-state index in [-0.39, 0.29) is 0 Å². The molecule has 1 heterocycles. The highest BCUT2D eigenvalue weighted by Gasteiger charge is 2.24. The van der Waals surface area contributed by atoms with E-state index in [1.165, 1.54) is 37.7 Å². The number of ether oxygens (including phenoxy) is 1. The molecule has 1 unspecified atom stereocenters. The van der Waals surface area contributed by atoms with Gasteiger partial charge in [-0.15, -0.1) is 0 Å². The van der Waals surface area contributed by atoms with E-state index in [0.717, 1.165) is 16.8 Å². The summed E-state index contributed by atoms with van der Waals surface area (Å²) >= 11 is 3.56. The van der Waals surface area contributed by atoms with Crippen molar-refractivity contribution in [1.29, 1.82) is 0 Å². The van der Waals surface area contributed by atoms with Crippen molar-refractivity contribution in [2.75, 3.05) is 6.54 Å². The first-order valence-corrected chi connectivity index (χ1v) is 7.32. The molecule has 92 valence electrons. The molecule has 1 saturated heterocycles. The lowest BCUT2D eigenvalue weighted by Gasteiger charge is -2.28. The highest BCUT2D eigenvalue weighted by molar-refractivity contribution is 9.10. The minimum Gasteiger partial charge on any atom is -0.490 e. The van der Waals surface area contributed by atoms with Crippen LogP contribution in [0.25, 0.3) is 0 Å². The third kappa shape index (κ3) is 2.50. The summed E-state index contributed by atoms with van der Waals surface area (Å²) in [6, 6.07) is 6.86. The van der Waals surface area contributed by atoms with Crippen LogP contribution in [0.2, 0.25) is 0 Å². The molecule has 0 spiro atoms. The number of hydrogen-bond donors (Lipinski definition) is 1. The molecule has 0 bridgehead atoms. The molecule has 2 aliphatic rings. The average molecular weight is 296 g/mol. The second kappa shape index (κ2) is 4.99. The van der Waals surface area contributed by atoms with Gasteiger partial charge in [0.15, 0.2) is 0 Å². The Hall–Kier alpha value is -0.540. The van der Waals surface area contributed by atoms with Crippen LogP contribution in [0.15, 0.2) is 22.7 Å². The molecule has 1 aliphatic heterocycles. The van der Waals surface area contributed by atoms with Crippen molar-refractivity contribution in [3.8, 4) is 5.75 Å². The van der Waals surface area contributed by atoms with Crippen LogP contribution >= 0.6 is 15.9 Å². The molecule has 3 rings (SSSR count). The molecule has 0 radical (unpaired) electrons. The van der Waals surface area contributed by atoms with E-state index >= 15 is 0 Å². The Labute approximate surface area is 111 Å². The lowest BCUT2D eigenvalue weighted by atomic mass is 9.96. The largest absolute Gasteiger partial charge is 0.490 e. The van der Waals surface area contributed by atoms with Gasteiger partial charge in [-0.25, -0.2) is 0 Å². The highest BCUT2D eigenvalue weighted by atomic mass is 79.9. The maximum Gasteiger partial charge on any atom is 0.124 e. The SMILES string of the molecule is Brc1ccc(OC2CCC2)c(C2CCCN2)c1. The van der Waals surface area contributed by atoms with Crippen molar-refractivity contribution in [2.45, 2.75) is 44.2 Å². The topological polar surface area (TPSA) is 21.3 Å². The maximum absolute atomic E-state index is 6.09. The zero-order chi connectivity index (χ0) is 11.7. The van der Waals surface area contributed by atoms with Gasteiger partial charge in [-0.05, 0) is 56.8 Å². The Morgan fingerprint density at radius 1 is 1.18 bits per heavy atom. The Morgan fingerprint density at radius 3 is 2.71 bits per heavy atom. The van der Waals surface area contributed by atoms with Gasteiger partial charge < -0.3 is 10.1 Å². The van der Waals surface area contributed by atoms with Crippen LogP contribution < -0.4 is 10.1 Å². The molecular weight excluding hydrogens is 278 g/mol. The van der Waals surface area contributed by atoms with E-state index in [1.54, 1.807) is 0 Å². The van der Waals surface area contributed by atoms with Gasteiger partial charge in [-0.2, -0.15) is 0 Å². The first-order chi connectivity index (χ1) is 8.33. The second-order valence-corrected chi connectivity index (χ2v) is 5.92. The van der Waals surface area contributed by atoms with Gasteiger partial charge in [0.2, 0.25) is 0 Å². The average Bonchev–Trinajstić information content (AvgIpc) is 2.78. The lowest BCUT2D eigenvalue weighted by Crippen LogP contribution is -2.25. The molecule has 3 heteroatoms. The molecule has 1 saturated carbocycles. The molecule has 1 atom stereocenters. The maximum atomic E-state index is 6.09. The Bertz CT molecular complexity index is 397. The van der Waals surface area contributed by atoms with Gasteiger partial charge in [-0.3, -0.25) is 0 Å². The van der Waals surface area contributed by atoms with Gasteiger partial charge in [-0.1, -0.05) is 15.9 Å². The molecule has 1 N–H and O–H groups in total. The number of nitrogens with one attached hydrogen (secondary N) is 1. The van der Waals surface area contributed by atoms with E-state index in [0.29, 0.717) is 12.1 Å². The summed E-state index contributed by atoms with van der Waals surface area (Å²) in [5.41, 5.74) is 1.32. The predicted molar refractivity (Wildman–Crippen MR) is 72.4 cm³/mol. The fraction of sp³-hybridized carbons (Fsp3) is 0.571. The first kappa shape index (κ1) is 11.5. The fourth-order valence-electron chi connectivity index (χ4n) is 2.52. The summed E-state index contributed by atoms with van der Waals surface area (Å²) in [5, 5.41) is 3.55. The van der Waals surface area contributed by atoms with E-state index < -0.39 is 0 Å². The molecule has 0 amide bonds. The minimum absolute atomic E-state index is 0.455. The number of rotatable bonds is 3. The summed E-state index contributed by atoms with van der Waals surface area (Å²) in [6.45, 7) is 1.13. The quantitative estimate of drug-likeness (QED) is 0.916. The monoisotopic (exact) mass is 295 g/mol. The standard InChI is InChI=1S/C14H18BrNO/c15-10-6-7-14(17-11-3-1-4-11)12(9-10)13-5-2-8-16-13/h6-7,9,11,13,16H,1-5,8H2. The van der Waals surface area contributed by atoms with E-state index in [1.807, 2.05) is 0 Å². The summed E-state index contributed by atoms with van der Waals surface area (Å²) in [6.07, 6.45) is 6.69. The van der Waals surface area contributed by atoms with Crippen molar-refractivity contribution >= 4 is 15.9 Å².